The summed E-state index contributed by atoms with van der Waals surface area (Å²) in [6.45, 7) is 0.537. The molecule has 22 heavy (non-hydrogen) atoms. The van der Waals surface area contributed by atoms with E-state index in [1.165, 1.54) is 6.33 Å². The van der Waals surface area contributed by atoms with E-state index in [1.54, 1.807) is 11.0 Å². The van der Waals surface area contributed by atoms with E-state index in [2.05, 4.69) is 10.1 Å². The largest absolute Gasteiger partial charge is 0.248 e. The van der Waals surface area contributed by atoms with Gasteiger partial charge < -0.3 is 0 Å². The van der Waals surface area contributed by atoms with Crippen LogP contribution in [0.5, 0.6) is 0 Å². The molecule has 3 rings (SSSR count). The minimum Gasteiger partial charge on any atom is -0.248 e. The van der Waals surface area contributed by atoms with Crippen molar-refractivity contribution in [1.29, 1.82) is 0 Å². The third kappa shape index (κ3) is 3.38. The number of rotatable bonds is 4. The van der Waals surface area contributed by atoms with Crippen molar-refractivity contribution in [3.8, 4) is 0 Å². The standard InChI is InChI=1S/C17H13Cl2N3/c18-15-8-6-13(7-9-15)16(10-22-12-20-11-21-22)17(19)14-4-2-1-3-5-14/h1-9,11-12H,10H2/b17-16-. The zero-order valence-electron chi connectivity index (χ0n) is 11.7. The molecule has 5 heteroatoms. The van der Waals surface area contributed by atoms with Crippen LogP contribution in [0, 0.1) is 0 Å². The number of nitrogens with zero attached hydrogens (tertiary/aromatic N) is 3. The van der Waals surface area contributed by atoms with Crippen LogP contribution in [0.4, 0.5) is 0 Å². The fourth-order valence-electron chi connectivity index (χ4n) is 2.17. The summed E-state index contributed by atoms with van der Waals surface area (Å²) >= 11 is 12.6. The average Bonchev–Trinajstić information content (AvgIpc) is 3.07. The molecule has 110 valence electrons. The van der Waals surface area contributed by atoms with E-state index in [4.69, 9.17) is 23.2 Å². The highest BCUT2D eigenvalue weighted by molar-refractivity contribution is 6.52. The Kier molecular flexibility index (Phi) is 4.56. The van der Waals surface area contributed by atoms with E-state index < -0.39 is 0 Å². The molecular formula is C17H13Cl2N3. The van der Waals surface area contributed by atoms with Gasteiger partial charge in [0.25, 0.3) is 0 Å². The Balaban J connectivity index is 2.07. The summed E-state index contributed by atoms with van der Waals surface area (Å²) in [6.07, 6.45) is 3.18. The molecule has 1 heterocycles. The summed E-state index contributed by atoms with van der Waals surface area (Å²) < 4.78 is 1.75. The van der Waals surface area contributed by atoms with Crippen molar-refractivity contribution in [3.05, 3.63) is 83.4 Å². The van der Waals surface area contributed by atoms with Gasteiger partial charge in [0.1, 0.15) is 12.7 Å². The van der Waals surface area contributed by atoms with E-state index in [-0.39, 0.29) is 0 Å². The molecule has 0 saturated heterocycles. The molecule has 0 aliphatic rings. The van der Waals surface area contributed by atoms with Crippen LogP contribution in [0.25, 0.3) is 10.6 Å². The Hall–Kier alpha value is -2.10. The second kappa shape index (κ2) is 6.77. The Morgan fingerprint density at radius 2 is 1.68 bits per heavy atom. The van der Waals surface area contributed by atoms with Crippen molar-refractivity contribution in [1.82, 2.24) is 14.8 Å². The fourth-order valence-corrected chi connectivity index (χ4v) is 2.59. The molecule has 0 saturated carbocycles. The quantitative estimate of drug-likeness (QED) is 0.647. The van der Waals surface area contributed by atoms with Gasteiger partial charge in [0.15, 0.2) is 0 Å². The molecule has 0 N–H and O–H groups in total. The highest BCUT2D eigenvalue weighted by Crippen LogP contribution is 2.31. The van der Waals surface area contributed by atoms with Gasteiger partial charge in [0, 0.05) is 10.6 Å². The number of hydrogen-bond donors (Lipinski definition) is 0. The third-order valence-electron chi connectivity index (χ3n) is 3.27. The first kappa shape index (κ1) is 14.8. The lowest BCUT2D eigenvalue weighted by Gasteiger charge is -2.12. The van der Waals surface area contributed by atoms with Crippen LogP contribution in [-0.4, -0.2) is 14.8 Å². The molecule has 3 aromatic rings. The van der Waals surface area contributed by atoms with E-state index in [0.717, 1.165) is 16.7 Å². The van der Waals surface area contributed by atoms with Crippen LogP contribution in [0.3, 0.4) is 0 Å². The van der Waals surface area contributed by atoms with Gasteiger partial charge in [-0.25, -0.2) is 9.67 Å². The van der Waals surface area contributed by atoms with E-state index >= 15 is 0 Å². The van der Waals surface area contributed by atoms with Crippen LogP contribution in [0.1, 0.15) is 11.1 Å². The van der Waals surface area contributed by atoms with E-state index in [0.29, 0.717) is 16.6 Å². The second-order valence-corrected chi connectivity index (χ2v) is 5.57. The molecule has 0 spiro atoms. The Morgan fingerprint density at radius 1 is 0.955 bits per heavy atom. The molecule has 2 aromatic carbocycles. The van der Waals surface area contributed by atoms with E-state index in [9.17, 15) is 0 Å². The maximum atomic E-state index is 6.65. The van der Waals surface area contributed by atoms with E-state index in [1.807, 2.05) is 54.6 Å². The topological polar surface area (TPSA) is 30.7 Å². The summed E-state index contributed by atoms with van der Waals surface area (Å²) in [5.74, 6) is 0. The number of allylic oxidation sites excluding steroid dienone is 1. The predicted molar refractivity (Wildman–Crippen MR) is 90.6 cm³/mol. The minimum atomic E-state index is 0.537. The Labute approximate surface area is 138 Å². The Bertz CT molecular complexity index is 763. The summed E-state index contributed by atoms with van der Waals surface area (Å²) in [5.41, 5.74) is 2.94. The van der Waals surface area contributed by atoms with Gasteiger partial charge in [-0.2, -0.15) is 5.10 Å². The smallest absolute Gasteiger partial charge is 0.137 e. The average molecular weight is 330 g/mol. The summed E-state index contributed by atoms with van der Waals surface area (Å²) in [6, 6.07) is 17.5. The number of halogens is 2. The molecule has 0 aliphatic heterocycles. The monoisotopic (exact) mass is 329 g/mol. The van der Waals surface area contributed by atoms with Crippen LogP contribution in [-0.2, 0) is 6.54 Å². The SMILES string of the molecule is Cl/C(=C(/Cn1cncn1)c1ccc(Cl)cc1)c1ccccc1. The number of aromatic nitrogens is 3. The molecule has 0 aliphatic carbocycles. The molecule has 0 unspecified atom stereocenters. The van der Waals surface area contributed by atoms with Crippen molar-refractivity contribution < 1.29 is 0 Å². The maximum Gasteiger partial charge on any atom is 0.137 e. The van der Waals surface area contributed by atoms with Gasteiger partial charge in [-0.05, 0) is 23.3 Å². The van der Waals surface area contributed by atoms with Gasteiger partial charge in [0.2, 0.25) is 0 Å². The van der Waals surface area contributed by atoms with Crippen LogP contribution >= 0.6 is 23.2 Å². The van der Waals surface area contributed by atoms with Gasteiger partial charge >= 0.3 is 0 Å². The van der Waals surface area contributed by atoms with Crippen LogP contribution in [0.2, 0.25) is 5.02 Å². The van der Waals surface area contributed by atoms with Crippen LogP contribution in [0.15, 0.2) is 67.3 Å². The second-order valence-electron chi connectivity index (χ2n) is 4.76. The van der Waals surface area contributed by atoms with Gasteiger partial charge in [-0.15, -0.1) is 0 Å². The molecule has 3 nitrogen and oxygen atoms in total. The maximum absolute atomic E-state index is 6.65. The first-order valence-electron chi connectivity index (χ1n) is 6.76. The molecule has 0 atom stereocenters. The lowest BCUT2D eigenvalue weighted by molar-refractivity contribution is 0.711. The summed E-state index contributed by atoms with van der Waals surface area (Å²) in [4.78, 5) is 3.98. The molecule has 0 bridgehead atoms. The minimum absolute atomic E-state index is 0.537. The van der Waals surface area contributed by atoms with Crippen molar-refractivity contribution in [2.45, 2.75) is 6.54 Å². The zero-order valence-corrected chi connectivity index (χ0v) is 13.2. The molecule has 0 amide bonds. The molecule has 1 aromatic heterocycles. The van der Waals surface area contributed by atoms with Crippen molar-refractivity contribution >= 4 is 33.8 Å². The third-order valence-corrected chi connectivity index (χ3v) is 3.97. The van der Waals surface area contributed by atoms with Crippen molar-refractivity contribution in [3.63, 3.8) is 0 Å². The summed E-state index contributed by atoms with van der Waals surface area (Å²) in [7, 11) is 0. The molecule has 0 radical (unpaired) electrons. The zero-order chi connectivity index (χ0) is 15.4. The normalized spacial score (nSPS) is 12.1. The van der Waals surface area contributed by atoms with Crippen molar-refractivity contribution in [2.24, 2.45) is 0 Å². The lowest BCUT2D eigenvalue weighted by atomic mass is 10.0. The van der Waals surface area contributed by atoms with Gasteiger partial charge in [0.05, 0.1) is 11.6 Å². The van der Waals surface area contributed by atoms with Crippen LogP contribution < -0.4 is 0 Å². The number of hydrogen-bond acceptors (Lipinski definition) is 2. The number of benzene rings is 2. The summed E-state index contributed by atoms with van der Waals surface area (Å²) in [5, 5.41) is 5.55. The van der Waals surface area contributed by atoms with Crippen molar-refractivity contribution in [2.75, 3.05) is 0 Å². The molecular weight excluding hydrogens is 317 g/mol. The van der Waals surface area contributed by atoms with Gasteiger partial charge in [-0.1, -0.05) is 65.7 Å². The van der Waals surface area contributed by atoms with Gasteiger partial charge in [-0.3, -0.25) is 0 Å². The highest BCUT2D eigenvalue weighted by atomic mass is 35.5. The lowest BCUT2D eigenvalue weighted by Crippen LogP contribution is -2.02. The highest BCUT2D eigenvalue weighted by Gasteiger charge is 2.11. The first-order valence-corrected chi connectivity index (χ1v) is 7.52. The first-order chi connectivity index (χ1) is 10.7. The fraction of sp³-hybridized carbons (Fsp3) is 0.0588. The Morgan fingerprint density at radius 3 is 2.32 bits per heavy atom. The molecule has 0 fully saturated rings. The predicted octanol–water partition coefficient (Wildman–Crippen LogP) is 4.74.